The normalized spacial score (nSPS) is 11.0. The number of aromatic amines is 2. The molecule has 2 aromatic carbocycles. The van der Waals surface area contributed by atoms with Gasteiger partial charge < -0.3 is 10.1 Å². The number of para-hydroxylation sites is 2. The molecule has 4 aromatic rings. The fourth-order valence-corrected chi connectivity index (χ4v) is 2.37. The van der Waals surface area contributed by atoms with Crippen LogP contribution in [0.4, 0.5) is 0 Å². The third-order valence-corrected chi connectivity index (χ3v) is 3.41. The number of nitrogens with one attached hydrogen (secondary N) is 2. The Labute approximate surface area is 120 Å². The van der Waals surface area contributed by atoms with Crippen molar-refractivity contribution in [3.8, 4) is 28.5 Å². The van der Waals surface area contributed by atoms with Crippen molar-refractivity contribution in [3.63, 3.8) is 0 Å². The van der Waals surface area contributed by atoms with E-state index in [0.717, 1.165) is 16.6 Å². The summed E-state index contributed by atoms with van der Waals surface area (Å²) >= 11 is 0. The zero-order valence-corrected chi connectivity index (χ0v) is 11.0. The van der Waals surface area contributed by atoms with E-state index in [1.165, 1.54) is 0 Å². The van der Waals surface area contributed by atoms with Crippen molar-refractivity contribution in [3.05, 3.63) is 54.6 Å². The highest BCUT2D eigenvalue weighted by Gasteiger charge is 2.17. The van der Waals surface area contributed by atoms with Gasteiger partial charge in [-0.05, 0) is 12.1 Å². The van der Waals surface area contributed by atoms with E-state index in [2.05, 4.69) is 20.2 Å². The lowest BCUT2D eigenvalue weighted by Crippen LogP contribution is -1.80. The van der Waals surface area contributed by atoms with Crippen LogP contribution in [-0.2, 0) is 0 Å². The predicted octanol–water partition coefficient (Wildman–Crippen LogP) is 3.33. The van der Waals surface area contributed by atoms with E-state index in [1.54, 1.807) is 0 Å². The van der Waals surface area contributed by atoms with E-state index < -0.39 is 0 Å². The number of aromatic nitrogens is 4. The standard InChI is InChI=1S/C16H12N4O/c21-15-13(10-6-2-1-3-7-10)19-20-14(15)16-17-11-8-4-5-9-12(11)18-16/h1-9,21H,(H,17,18)(H,19,20). The summed E-state index contributed by atoms with van der Waals surface area (Å²) < 4.78 is 0. The third kappa shape index (κ3) is 1.87. The Morgan fingerprint density at radius 2 is 1.67 bits per heavy atom. The summed E-state index contributed by atoms with van der Waals surface area (Å²) in [5.41, 5.74) is 3.63. The number of hydrogen-bond acceptors (Lipinski definition) is 3. The molecule has 0 fully saturated rings. The van der Waals surface area contributed by atoms with Crippen molar-refractivity contribution in [2.45, 2.75) is 0 Å². The van der Waals surface area contributed by atoms with Crippen LogP contribution in [0, 0.1) is 0 Å². The van der Waals surface area contributed by atoms with Crippen molar-refractivity contribution in [2.75, 3.05) is 0 Å². The fraction of sp³-hybridized carbons (Fsp3) is 0. The average molecular weight is 276 g/mol. The Hall–Kier alpha value is -3.08. The van der Waals surface area contributed by atoms with Crippen LogP contribution in [0.3, 0.4) is 0 Å². The summed E-state index contributed by atoms with van der Waals surface area (Å²) in [5, 5.41) is 17.5. The Morgan fingerprint density at radius 3 is 2.48 bits per heavy atom. The van der Waals surface area contributed by atoms with Gasteiger partial charge in [0.05, 0.1) is 11.0 Å². The van der Waals surface area contributed by atoms with Crippen molar-refractivity contribution < 1.29 is 5.11 Å². The minimum absolute atomic E-state index is 0.0975. The first-order valence-electron chi connectivity index (χ1n) is 6.61. The molecule has 0 atom stereocenters. The lowest BCUT2D eigenvalue weighted by molar-refractivity contribution is 0.479. The van der Waals surface area contributed by atoms with Crippen LogP contribution in [-0.4, -0.2) is 25.3 Å². The molecule has 0 radical (unpaired) electrons. The monoisotopic (exact) mass is 276 g/mol. The van der Waals surface area contributed by atoms with E-state index in [-0.39, 0.29) is 5.75 Å². The van der Waals surface area contributed by atoms with Crippen LogP contribution in [0.2, 0.25) is 0 Å². The lowest BCUT2D eigenvalue weighted by atomic mass is 10.1. The first kappa shape index (κ1) is 11.7. The fourth-order valence-electron chi connectivity index (χ4n) is 2.37. The predicted molar refractivity (Wildman–Crippen MR) is 80.8 cm³/mol. The number of aromatic hydroxyl groups is 1. The van der Waals surface area contributed by atoms with Crippen LogP contribution >= 0.6 is 0 Å². The maximum absolute atomic E-state index is 10.4. The molecule has 0 unspecified atom stereocenters. The molecule has 3 N–H and O–H groups in total. The molecule has 5 heteroatoms. The summed E-state index contributed by atoms with van der Waals surface area (Å²) in [6.07, 6.45) is 0. The van der Waals surface area contributed by atoms with Crippen LogP contribution in [0.5, 0.6) is 5.75 Å². The van der Waals surface area contributed by atoms with Gasteiger partial charge in [-0.25, -0.2) is 4.98 Å². The van der Waals surface area contributed by atoms with Crippen LogP contribution in [0.25, 0.3) is 33.8 Å². The molecule has 5 nitrogen and oxygen atoms in total. The van der Waals surface area contributed by atoms with Crippen LogP contribution in [0.15, 0.2) is 54.6 Å². The number of nitrogens with zero attached hydrogens (tertiary/aromatic N) is 2. The van der Waals surface area contributed by atoms with Crippen molar-refractivity contribution in [1.82, 2.24) is 20.2 Å². The van der Waals surface area contributed by atoms with Gasteiger partial charge in [0.15, 0.2) is 11.6 Å². The van der Waals surface area contributed by atoms with E-state index in [0.29, 0.717) is 17.2 Å². The van der Waals surface area contributed by atoms with Gasteiger partial charge >= 0.3 is 0 Å². The first-order valence-corrected chi connectivity index (χ1v) is 6.61. The zero-order chi connectivity index (χ0) is 14.2. The largest absolute Gasteiger partial charge is 0.504 e. The topological polar surface area (TPSA) is 77.6 Å². The molecule has 0 bridgehead atoms. The van der Waals surface area contributed by atoms with Gasteiger partial charge in [-0.15, -0.1) is 0 Å². The molecule has 102 valence electrons. The molecular formula is C16H12N4O. The molecule has 0 spiro atoms. The number of fused-ring (bicyclic) bond motifs is 1. The Morgan fingerprint density at radius 1 is 0.905 bits per heavy atom. The average Bonchev–Trinajstić information content (AvgIpc) is 3.11. The molecule has 0 saturated carbocycles. The highest BCUT2D eigenvalue weighted by atomic mass is 16.3. The molecule has 4 rings (SSSR count). The SMILES string of the molecule is Oc1c(-c2ccccc2)n[nH]c1-c1nc2ccccc2[nH]1. The van der Waals surface area contributed by atoms with Gasteiger partial charge in [-0.1, -0.05) is 42.5 Å². The second-order valence-corrected chi connectivity index (χ2v) is 4.76. The number of imidazole rings is 1. The van der Waals surface area contributed by atoms with Crippen molar-refractivity contribution in [1.29, 1.82) is 0 Å². The molecule has 2 heterocycles. The van der Waals surface area contributed by atoms with Gasteiger partial charge in [0.25, 0.3) is 0 Å². The second-order valence-electron chi connectivity index (χ2n) is 4.76. The molecule has 0 amide bonds. The maximum atomic E-state index is 10.4. The van der Waals surface area contributed by atoms with Crippen molar-refractivity contribution in [2.24, 2.45) is 0 Å². The van der Waals surface area contributed by atoms with Crippen LogP contribution in [0.1, 0.15) is 0 Å². The quantitative estimate of drug-likeness (QED) is 0.525. The van der Waals surface area contributed by atoms with Gasteiger partial charge in [-0.3, -0.25) is 5.10 Å². The highest BCUT2D eigenvalue weighted by Crippen LogP contribution is 2.35. The van der Waals surface area contributed by atoms with Gasteiger partial charge in [0, 0.05) is 5.56 Å². The Kier molecular flexibility index (Phi) is 2.50. The van der Waals surface area contributed by atoms with Gasteiger partial charge in [0.1, 0.15) is 11.4 Å². The molecular weight excluding hydrogens is 264 g/mol. The second kappa shape index (κ2) is 4.49. The Bertz CT molecular complexity index is 875. The van der Waals surface area contributed by atoms with E-state index >= 15 is 0 Å². The molecule has 0 aliphatic heterocycles. The van der Waals surface area contributed by atoms with Gasteiger partial charge in [-0.2, -0.15) is 5.10 Å². The summed E-state index contributed by atoms with van der Waals surface area (Å²) in [4.78, 5) is 7.64. The van der Waals surface area contributed by atoms with E-state index in [1.807, 2.05) is 54.6 Å². The minimum atomic E-state index is 0.0975. The molecule has 0 aliphatic carbocycles. The van der Waals surface area contributed by atoms with Crippen LogP contribution < -0.4 is 0 Å². The third-order valence-electron chi connectivity index (χ3n) is 3.41. The summed E-state index contributed by atoms with van der Waals surface area (Å²) in [6.45, 7) is 0. The first-order chi connectivity index (χ1) is 10.3. The minimum Gasteiger partial charge on any atom is -0.504 e. The summed E-state index contributed by atoms with van der Waals surface area (Å²) in [7, 11) is 0. The number of H-pyrrole nitrogens is 2. The zero-order valence-electron chi connectivity index (χ0n) is 11.0. The van der Waals surface area contributed by atoms with E-state index in [9.17, 15) is 5.11 Å². The molecule has 0 saturated heterocycles. The van der Waals surface area contributed by atoms with Gasteiger partial charge in [0.2, 0.25) is 0 Å². The smallest absolute Gasteiger partial charge is 0.172 e. The Balaban J connectivity index is 1.85. The summed E-state index contributed by atoms with van der Waals surface area (Å²) in [5.74, 6) is 0.670. The van der Waals surface area contributed by atoms with E-state index in [4.69, 9.17) is 0 Å². The highest BCUT2D eigenvalue weighted by molar-refractivity contribution is 5.82. The number of rotatable bonds is 2. The molecule has 0 aliphatic rings. The molecule has 2 aromatic heterocycles. The number of hydrogen-bond donors (Lipinski definition) is 3. The maximum Gasteiger partial charge on any atom is 0.172 e. The lowest BCUT2D eigenvalue weighted by Gasteiger charge is -1.97. The summed E-state index contributed by atoms with van der Waals surface area (Å²) in [6, 6.07) is 17.3. The number of benzene rings is 2. The van der Waals surface area contributed by atoms with Crippen molar-refractivity contribution >= 4 is 11.0 Å². The molecule has 21 heavy (non-hydrogen) atoms.